The molecule has 8 heteroatoms. The summed E-state index contributed by atoms with van der Waals surface area (Å²) in [6.45, 7) is 0. The number of anilines is 1. The van der Waals surface area contributed by atoms with Gasteiger partial charge in [0.1, 0.15) is 11.4 Å². The highest BCUT2D eigenvalue weighted by Crippen LogP contribution is 2.43. The number of carbonyl (C=O) groups is 1. The predicted octanol–water partition coefficient (Wildman–Crippen LogP) is 2.69. The van der Waals surface area contributed by atoms with Gasteiger partial charge < -0.3 is 21.9 Å². The molecule has 150 valence electrons. The smallest absolute Gasteiger partial charge is 0.248 e. The van der Waals surface area contributed by atoms with Crippen molar-refractivity contribution in [3.05, 3.63) is 54.1 Å². The van der Waals surface area contributed by atoms with Crippen molar-refractivity contribution >= 4 is 23.5 Å². The fraction of sp³-hybridized carbons (Fsp3) is 0.286. The first kappa shape index (κ1) is 18.8. The average Bonchev–Trinajstić information content (AvgIpc) is 2.69. The van der Waals surface area contributed by atoms with Gasteiger partial charge in [-0.05, 0) is 62.1 Å². The molecule has 1 amide bonds. The lowest BCUT2D eigenvalue weighted by molar-refractivity contribution is 0.100. The van der Waals surface area contributed by atoms with Crippen molar-refractivity contribution in [3.8, 4) is 11.5 Å². The third kappa shape index (κ3) is 3.61. The van der Waals surface area contributed by atoms with Crippen LogP contribution < -0.4 is 26.8 Å². The maximum atomic E-state index is 11.3. The molecule has 6 N–H and O–H groups in total. The van der Waals surface area contributed by atoms with Crippen LogP contribution in [0.25, 0.3) is 0 Å². The van der Waals surface area contributed by atoms with Crippen LogP contribution in [0.1, 0.15) is 42.5 Å². The Kier molecular flexibility index (Phi) is 4.84. The Labute approximate surface area is 169 Å². The van der Waals surface area contributed by atoms with Crippen molar-refractivity contribution in [2.45, 2.75) is 37.8 Å². The third-order valence-corrected chi connectivity index (χ3v) is 5.32. The molecule has 8 nitrogen and oxygen atoms in total. The lowest BCUT2D eigenvalue weighted by Crippen LogP contribution is -2.58. The van der Waals surface area contributed by atoms with Gasteiger partial charge in [0.15, 0.2) is 5.75 Å². The minimum atomic E-state index is -0.552. The zero-order chi connectivity index (χ0) is 20.4. The molecular formula is C21H24N6O2. The molecule has 2 aromatic rings. The number of ether oxygens (including phenoxy) is 1. The van der Waals surface area contributed by atoms with Crippen LogP contribution in [-0.2, 0) is 0 Å². The zero-order valence-electron chi connectivity index (χ0n) is 16.0. The van der Waals surface area contributed by atoms with Crippen LogP contribution in [0.3, 0.4) is 0 Å². The Hall–Kier alpha value is -3.55. The summed E-state index contributed by atoms with van der Waals surface area (Å²) < 4.78 is 6.12. The van der Waals surface area contributed by atoms with Crippen LogP contribution >= 0.6 is 0 Å². The van der Waals surface area contributed by atoms with Crippen LogP contribution in [-0.4, -0.2) is 23.5 Å². The second-order valence-corrected chi connectivity index (χ2v) is 7.28. The number of hydrogen-bond acceptors (Lipinski definition) is 7. The molecule has 0 aromatic heterocycles. The number of aliphatic imine (C=N–C) groups is 2. The molecule has 1 spiro atoms. The lowest BCUT2D eigenvalue weighted by Gasteiger charge is -2.45. The summed E-state index contributed by atoms with van der Waals surface area (Å²) >= 11 is 0. The Morgan fingerprint density at radius 1 is 1.00 bits per heavy atom. The Morgan fingerprint density at radius 3 is 2.38 bits per heavy atom. The van der Waals surface area contributed by atoms with E-state index in [1.165, 1.54) is 0 Å². The van der Waals surface area contributed by atoms with E-state index in [-0.39, 0.29) is 5.96 Å². The van der Waals surface area contributed by atoms with E-state index in [0.717, 1.165) is 37.8 Å². The number of para-hydroxylation sites is 2. The minimum absolute atomic E-state index is 0.209. The van der Waals surface area contributed by atoms with Gasteiger partial charge in [-0.3, -0.25) is 9.69 Å². The zero-order valence-corrected chi connectivity index (χ0v) is 16.0. The molecule has 1 saturated carbocycles. The van der Waals surface area contributed by atoms with Gasteiger partial charge in [-0.25, -0.2) is 4.99 Å². The van der Waals surface area contributed by atoms with Crippen LogP contribution in [0, 0.1) is 0 Å². The van der Waals surface area contributed by atoms with Gasteiger partial charge in [0.2, 0.25) is 17.8 Å². The maximum absolute atomic E-state index is 11.3. The summed E-state index contributed by atoms with van der Waals surface area (Å²) in [5.74, 6) is 1.22. The molecule has 1 heterocycles. The number of hydrogen-bond donors (Lipinski definition) is 3. The first-order chi connectivity index (χ1) is 14.0. The number of nitrogens with zero attached hydrogens (tertiary/aromatic N) is 3. The van der Waals surface area contributed by atoms with Gasteiger partial charge in [-0.2, -0.15) is 4.99 Å². The Balaban J connectivity index is 1.71. The van der Waals surface area contributed by atoms with Crippen LogP contribution in [0.4, 0.5) is 5.69 Å². The van der Waals surface area contributed by atoms with Gasteiger partial charge in [0.25, 0.3) is 0 Å². The Morgan fingerprint density at radius 2 is 1.69 bits per heavy atom. The Bertz CT molecular complexity index is 977. The number of guanidine groups is 2. The average molecular weight is 392 g/mol. The lowest BCUT2D eigenvalue weighted by atomic mass is 9.87. The number of amides is 1. The molecular weight excluding hydrogens is 368 g/mol. The summed E-state index contributed by atoms with van der Waals surface area (Å²) in [7, 11) is 0. The molecule has 0 radical (unpaired) electrons. The number of primary amides is 1. The normalized spacial score (nSPS) is 18.1. The van der Waals surface area contributed by atoms with Crippen molar-refractivity contribution in [2.75, 3.05) is 4.90 Å². The second-order valence-electron chi connectivity index (χ2n) is 7.28. The maximum Gasteiger partial charge on any atom is 0.248 e. The largest absolute Gasteiger partial charge is 0.455 e. The van der Waals surface area contributed by atoms with Crippen LogP contribution in [0.5, 0.6) is 11.5 Å². The minimum Gasteiger partial charge on any atom is -0.455 e. The number of benzene rings is 2. The van der Waals surface area contributed by atoms with Crippen molar-refractivity contribution in [3.63, 3.8) is 0 Å². The molecule has 1 fully saturated rings. The van der Waals surface area contributed by atoms with Crippen molar-refractivity contribution in [1.29, 1.82) is 0 Å². The second kappa shape index (κ2) is 7.46. The molecule has 0 saturated heterocycles. The molecule has 0 atom stereocenters. The summed E-state index contributed by atoms with van der Waals surface area (Å²) in [6, 6.07) is 14.3. The van der Waals surface area contributed by atoms with Gasteiger partial charge >= 0.3 is 0 Å². The fourth-order valence-corrected chi connectivity index (χ4v) is 4.01. The molecule has 1 aliphatic carbocycles. The number of rotatable bonds is 4. The van der Waals surface area contributed by atoms with Gasteiger partial charge in [0, 0.05) is 5.56 Å². The summed E-state index contributed by atoms with van der Waals surface area (Å²) in [5, 5.41) is 0. The fourth-order valence-electron chi connectivity index (χ4n) is 4.01. The van der Waals surface area contributed by atoms with E-state index in [2.05, 4.69) is 4.99 Å². The topological polar surface area (TPSA) is 132 Å². The van der Waals surface area contributed by atoms with E-state index in [1.807, 2.05) is 29.2 Å². The van der Waals surface area contributed by atoms with E-state index in [9.17, 15) is 4.79 Å². The van der Waals surface area contributed by atoms with E-state index in [0.29, 0.717) is 23.0 Å². The van der Waals surface area contributed by atoms with Crippen molar-refractivity contribution in [2.24, 2.45) is 27.2 Å². The predicted molar refractivity (Wildman–Crippen MR) is 113 cm³/mol. The molecule has 2 aromatic carbocycles. The number of nitrogens with two attached hydrogens (primary N) is 3. The van der Waals surface area contributed by atoms with Gasteiger partial charge in [-0.15, -0.1) is 0 Å². The quantitative estimate of drug-likeness (QED) is 0.736. The standard InChI is InChI=1S/C21H24N6O2/c22-18(28)14-8-10-15(11-9-14)29-17-7-3-2-6-16(17)27-20(24)25-19(23)26-21(27)12-4-1-5-13-21/h2-3,6-11H,1,4-5,12-13H2,(H2,22,28)(H4,23,24,25,26). The van der Waals surface area contributed by atoms with Gasteiger partial charge in [-0.1, -0.05) is 18.6 Å². The molecule has 4 rings (SSSR count). The SMILES string of the molecule is NC(=O)c1ccc(Oc2ccccc2N2C(N)=NC(N)=NC23CCCCC3)cc1. The van der Waals surface area contributed by atoms with E-state index in [1.54, 1.807) is 24.3 Å². The van der Waals surface area contributed by atoms with Crippen LogP contribution in [0.15, 0.2) is 58.5 Å². The summed E-state index contributed by atoms with van der Waals surface area (Å²) in [6.07, 6.45) is 4.92. The monoisotopic (exact) mass is 392 g/mol. The summed E-state index contributed by atoms with van der Waals surface area (Å²) in [5.41, 5.74) is 18.2. The molecule has 2 aliphatic rings. The molecule has 0 unspecified atom stereocenters. The molecule has 1 aliphatic heterocycles. The highest BCUT2D eigenvalue weighted by atomic mass is 16.5. The van der Waals surface area contributed by atoms with E-state index >= 15 is 0 Å². The van der Waals surface area contributed by atoms with Crippen LogP contribution in [0.2, 0.25) is 0 Å². The van der Waals surface area contributed by atoms with E-state index in [4.69, 9.17) is 26.9 Å². The van der Waals surface area contributed by atoms with Gasteiger partial charge in [0.05, 0.1) is 5.69 Å². The first-order valence-electron chi connectivity index (χ1n) is 9.65. The first-order valence-corrected chi connectivity index (χ1v) is 9.65. The van der Waals surface area contributed by atoms with Crippen molar-refractivity contribution in [1.82, 2.24) is 0 Å². The van der Waals surface area contributed by atoms with E-state index < -0.39 is 11.6 Å². The molecule has 0 bridgehead atoms. The number of carbonyl (C=O) groups excluding carboxylic acids is 1. The molecule has 29 heavy (non-hydrogen) atoms. The highest BCUT2D eigenvalue weighted by Gasteiger charge is 2.43. The highest BCUT2D eigenvalue weighted by molar-refractivity contribution is 6.06. The third-order valence-electron chi connectivity index (χ3n) is 5.32. The summed E-state index contributed by atoms with van der Waals surface area (Å²) in [4.78, 5) is 22.1. The van der Waals surface area contributed by atoms with Crippen molar-refractivity contribution < 1.29 is 9.53 Å².